The van der Waals surface area contributed by atoms with Gasteiger partial charge in [0.15, 0.2) is 6.61 Å². The quantitative estimate of drug-likeness (QED) is 0.194. The highest BCUT2D eigenvalue weighted by molar-refractivity contribution is 8.00. The second kappa shape index (κ2) is 13.6. The summed E-state index contributed by atoms with van der Waals surface area (Å²) >= 11 is 7.66. The summed E-state index contributed by atoms with van der Waals surface area (Å²) in [6.07, 6.45) is 0. The lowest BCUT2D eigenvalue weighted by Crippen LogP contribution is -2.20. The van der Waals surface area contributed by atoms with Gasteiger partial charge in [0.2, 0.25) is 5.91 Å². The Balaban J connectivity index is 1.50. The minimum atomic E-state index is -0.607. The van der Waals surface area contributed by atoms with E-state index in [9.17, 15) is 9.59 Å². The van der Waals surface area contributed by atoms with E-state index in [0.717, 1.165) is 10.5 Å². The largest absolute Gasteiger partial charge is 0.495 e. The number of ether oxygens (including phenoxy) is 3. The van der Waals surface area contributed by atoms with Crippen LogP contribution in [-0.4, -0.2) is 32.6 Å². The molecule has 1 atom stereocenters. The van der Waals surface area contributed by atoms with Crippen LogP contribution in [0.5, 0.6) is 17.2 Å². The molecule has 4 aromatic rings. The number of thioether (sulfide) groups is 1. The molecule has 4 aromatic carbocycles. The number of carbonyl (C=O) groups excluding carboxylic acids is 2. The van der Waals surface area contributed by atoms with Crippen molar-refractivity contribution >= 4 is 46.6 Å². The molecule has 39 heavy (non-hydrogen) atoms. The molecule has 9 heteroatoms. The Morgan fingerprint density at radius 2 is 1.51 bits per heavy atom. The van der Waals surface area contributed by atoms with Crippen molar-refractivity contribution < 1.29 is 23.8 Å². The fraction of sp³-hybridized carbons (Fsp3) is 0.133. The SMILES string of the molecule is COc1cc(OC)c(NC(=O)C(Sc2cccc(NC(=O)COc3ccccc3)c2)c2ccccc2)cc1Cl. The molecular formula is C30H27ClN2O5S. The predicted molar refractivity (Wildman–Crippen MR) is 155 cm³/mol. The van der Waals surface area contributed by atoms with Crippen LogP contribution in [0.3, 0.4) is 0 Å². The third-order valence-corrected chi connectivity index (χ3v) is 7.10. The van der Waals surface area contributed by atoms with Crippen LogP contribution < -0.4 is 24.8 Å². The van der Waals surface area contributed by atoms with Crippen LogP contribution in [-0.2, 0) is 9.59 Å². The van der Waals surface area contributed by atoms with E-state index in [4.69, 9.17) is 25.8 Å². The Kier molecular flexibility index (Phi) is 9.72. The summed E-state index contributed by atoms with van der Waals surface area (Å²) in [5.41, 5.74) is 1.83. The van der Waals surface area contributed by atoms with Crippen molar-refractivity contribution in [2.24, 2.45) is 0 Å². The molecule has 0 spiro atoms. The molecular weight excluding hydrogens is 536 g/mol. The van der Waals surface area contributed by atoms with Gasteiger partial charge in [0.05, 0.1) is 24.9 Å². The first-order valence-electron chi connectivity index (χ1n) is 12.0. The average molecular weight is 563 g/mol. The molecule has 0 aliphatic rings. The molecule has 0 aromatic heterocycles. The Labute approximate surface area is 236 Å². The van der Waals surface area contributed by atoms with Crippen molar-refractivity contribution in [2.45, 2.75) is 10.1 Å². The van der Waals surface area contributed by atoms with Gasteiger partial charge in [0.25, 0.3) is 5.91 Å². The first kappa shape index (κ1) is 27.9. The molecule has 1 unspecified atom stereocenters. The molecule has 0 heterocycles. The van der Waals surface area contributed by atoms with Gasteiger partial charge in [-0.3, -0.25) is 9.59 Å². The third-order valence-electron chi connectivity index (χ3n) is 5.56. The van der Waals surface area contributed by atoms with Crippen molar-refractivity contribution in [1.29, 1.82) is 0 Å². The zero-order chi connectivity index (χ0) is 27.6. The number of halogens is 1. The Hall–Kier alpha value is -4.14. The second-order valence-corrected chi connectivity index (χ2v) is 9.85. The summed E-state index contributed by atoms with van der Waals surface area (Å²) in [6.45, 7) is -0.122. The maximum absolute atomic E-state index is 13.6. The lowest BCUT2D eigenvalue weighted by atomic mass is 10.1. The average Bonchev–Trinajstić information content (AvgIpc) is 2.96. The summed E-state index contributed by atoms with van der Waals surface area (Å²) in [6, 6.07) is 29.1. The fourth-order valence-corrected chi connectivity index (χ4v) is 5.03. The second-order valence-electron chi connectivity index (χ2n) is 8.26. The molecule has 0 fully saturated rings. The Morgan fingerprint density at radius 1 is 0.821 bits per heavy atom. The van der Waals surface area contributed by atoms with E-state index in [0.29, 0.717) is 33.6 Å². The Bertz CT molecular complexity index is 1420. The van der Waals surface area contributed by atoms with Crippen LogP contribution in [0.4, 0.5) is 11.4 Å². The maximum Gasteiger partial charge on any atom is 0.262 e. The van der Waals surface area contributed by atoms with Crippen LogP contribution in [0.1, 0.15) is 10.8 Å². The van der Waals surface area contributed by atoms with Crippen molar-refractivity contribution in [2.75, 3.05) is 31.5 Å². The van der Waals surface area contributed by atoms with E-state index in [1.807, 2.05) is 66.7 Å². The highest BCUT2D eigenvalue weighted by Gasteiger charge is 2.24. The Morgan fingerprint density at radius 3 is 2.21 bits per heavy atom. The van der Waals surface area contributed by atoms with Crippen LogP contribution in [0.25, 0.3) is 0 Å². The zero-order valence-corrected chi connectivity index (χ0v) is 22.9. The molecule has 0 aliphatic heterocycles. The van der Waals surface area contributed by atoms with Crippen LogP contribution in [0.15, 0.2) is 102 Å². The van der Waals surface area contributed by atoms with Crippen molar-refractivity contribution in [3.05, 3.63) is 108 Å². The number of anilines is 2. The van der Waals surface area contributed by atoms with Crippen molar-refractivity contribution in [3.63, 3.8) is 0 Å². The molecule has 0 bridgehead atoms. The standard InChI is InChI=1S/C30H27ClN2O5S/c1-36-26-18-27(37-2)25(17-24(26)31)33-30(35)29(20-10-5-3-6-11-20)39-23-15-9-12-21(16-23)32-28(34)19-38-22-13-7-4-8-14-22/h3-18,29H,19H2,1-2H3,(H,32,34)(H,33,35). The highest BCUT2D eigenvalue weighted by atomic mass is 35.5. The minimum Gasteiger partial charge on any atom is -0.495 e. The molecule has 0 radical (unpaired) electrons. The smallest absolute Gasteiger partial charge is 0.262 e. The maximum atomic E-state index is 13.6. The third kappa shape index (κ3) is 7.69. The van der Waals surface area contributed by atoms with Gasteiger partial charge < -0.3 is 24.8 Å². The van der Waals surface area contributed by atoms with Crippen molar-refractivity contribution in [1.82, 2.24) is 0 Å². The highest BCUT2D eigenvalue weighted by Crippen LogP contribution is 2.40. The van der Waals surface area contributed by atoms with Gasteiger partial charge in [-0.1, -0.05) is 66.2 Å². The van der Waals surface area contributed by atoms with Gasteiger partial charge in [-0.2, -0.15) is 0 Å². The number of rotatable bonds is 11. The number of para-hydroxylation sites is 1. The van der Waals surface area contributed by atoms with Gasteiger partial charge >= 0.3 is 0 Å². The van der Waals surface area contributed by atoms with Gasteiger partial charge in [-0.25, -0.2) is 0 Å². The van der Waals surface area contributed by atoms with Crippen LogP contribution in [0.2, 0.25) is 5.02 Å². The van der Waals surface area contributed by atoms with E-state index in [1.165, 1.54) is 26.0 Å². The number of nitrogens with one attached hydrogen (secondary N) is 2. The van der Waals surface area contributed by atoms with Crippen LogP contribution >= 0.6 is 23.4 Å². The molecule has 2 amide bonds. The van der Waals surface area contributed by atoms with E-state index < -0.39 is 5.25 Å². The van der Waals surface area contributed by atoms with Crippen LogP contribution in [0, 0.1) is 0 Å². The first-order chi connectivity index (χ1) is 19.0. The predicted octanol–water partition coefficient (Wildman–Crippen LogP) is 6.85. The molecule has 2 N–H and O–H groups in total. The number of hydrogen-bond acceptors (Lipinski definition) is 6. The van der Waals surface area contributed by atoms with E-state index in [-0.39, 0.29) is 18.4 Å². The minimum absolute atomic E-state index is 0.122. The number of benzene rings is 4. The molecule has 200 valence electrons. The lowest BCUT2D eigenvalue weighted by Gasteiger charge is -2.19. The monoisotopic (exact) mass is 562 g/mol. The number of methoxy groups -OCH3 is 2. The normalized spacial score (nSPS) is 11.3. The van der Waals surface area contributed by atoms with Gasteiger partial charge in [0.1, 0.15) is 22.5 Å². The van der Waals surface area contributed by atoms with Gasteiger partial charge in [-0.05, 0) is 42.0 Å². The molecule has 7 nitrogen and oxygen atoms in total. The first-order valence-corrected chi connectivity index (χ1v) is 13.2. The summed E-state index contributed by atoms with van der Waals surface area (Å²) in [5, 5.41) is 5.52. The lowest BCUT2D eigenvalue weighted by molar-refractivity contribution is -0.118. The topological polar surface area (TPSA) is 85.9 Å². The summed E-state index contributed by atoms with van der Waals surface area (Å²) in [4.78, 5) is 26.8. The fourth-order valence-electron chi connectivity index (χ4n) is 3.70. The number of hydrogen-bond donors (Lipinski definition) is 2. The molecule has 0 aliphatic carbocycles. The zero-order valence-electron chi connectivity index (χ0n) is 21.3. The molecule has 0 saturated heterocycles. The number of amides is 2. The summed E-state index contributed by atoms with van der Waals surface area (Å²) in [7, 11) is 3.01. The summed E-state index contributed by atoms with van der Waals surface area (Å²) in [5.74, 6) is 0.916. The van der Waals surface area contributed by atoms with E-state index in [2.05, 4.69) is 10.6 Å². The summed E-state index contributed by atoms with van der Waals surface area (Å²) < 4.78 is 16.2. The van der Waals surface area contributed by atoms with E-state index in [1.54, 1.807) is 30.3 Å². The van der Waals surface area contributed by atoms with E-state index >= 15 is 0 Å². The van der Waals surface area contributed by atoms with Crippen molar-refractivity contribution in [3.8, 4) is 17.2 Å². The number of carbonyl (C=O) groups is 2. The van der Waals surface area contributed by atoms with Gasteiger partial charge in [-0.15, -0.1) is 11.8 Å². The molecule has 4 rings (SSSR count). The molecule has 0 saturated carbocycles. The van der Waals surface area contributed by atoms with Gasteiger partial charge in [0, 0.05) is 16.6 Å².